The maximum atomic E-state index is 5.18. The maximum absolute atomic E-state index is 5.18. The van der Waals surface area contributed by atoms with Crippen LogP contribution in [-0.4, -0.2) is 19.3 Å². The summed E-state index contributed by atoms with van der Waals surface area (Å²) in [7, 11) is 1.39. The number of hydrogen-bond donors (Lipinski definition) is 0. The molecule has 0 radical (unpaired) electrons. The van der Waals surface area contributed by atoms with E-state index in [9.17, 15) is 0 Å². The first-order valence-corrected chi connectivity index (χ1v) is 5.73. The van der Waals surface area contributed by atoms with Crippen molar-refractivity contribution in [1.29, 1.82) is 0 Å². The summed E-state index contributed by atoms with van der Waals surface area (Å²) in [6, 6.07) is 0. The third kappa shape index (κ3) is 2.08. The number of rotatable bonds is 2. The lowest BCUT2D eigenvalue weighted by molar-refractivity contribution is 0.156. The zero-order chi connectivity index (χ0) is 5.82. The molecule has 0 aliphatic carbocycles. The molecule has 1 aliphatic rings. The molecule has 0 aromatic rings. The number of hydrogen-bond acceptors (Lipinski definition) is 3. The van der Waals surface area contributed by atoms with Crippen LogP contribution in [0.25, 0.3) is 0 Å². The van der Waals surface area contributed by atoms with Gasteiger partial charge in [0.25, 0.3) is 0 Å². The van der Waals surface area contributed by atoms with Crippen LogP contribution in [0.5, 0.6) is 0 Å². The van der Waals surface area contributed by atoms with Crippen molar-refractivity contribution in [2.45, 2.75) is 12.5 Å². The van der Waals surface area contributed by atoms with Gasteiger partial charge in [0, 0.05) is 34.2 Å². The lowest BCUT2D eigenvalue weighted by atomic mass is 10.3. The van der Waals surface area contributed by atoms with Gasteiger partial charge in [0.1, 0.15) is 0 Å². The van der Waals surface area contributed by atoms with Crippen LogP contribution in [0.4, 0.5) is 0 Å². The van der Waals surface area contributed by atoms with Crippen LogP contribution < -0.4 is 0 Å². The highest BCUT2D eigenvalue weighted by Crippen LogP contribution is 2.20. The summed E-state index contributed by atoms with van der Waals surface area (Å²) in [6.45, 7) is 1.64. The van der Waals surface area contributed by atoms with E-state index in [1.54, 1.807) is 0 Å². The van der Waals surface area contributed by atoms with Crippen molar-refractivity contribution in [3.8, 4) is 0 Å². The quantitative estimate of drug-likeness (QED) is 0.546. The Kier molecular flexibility index (Phi) is 3.48. The van der Waals surface area contributed by atoms with Crippen molar-refractivity contribution in [2.75, 3.05) is 13.2 Å². The molecule has 0 aromatic heterocycles. The summed E-state index contributed by atoms with van der Waals surface area (Å²) in [5, 5.41) is 0. The average molecular weight is 246 g/mol. The van der Waals surface area contributed by atoms with Gasteiger partial charge < -0.3 is 4.74 Å². The summed E-state index contributed by atoms with van der Waals surface area (Å²) in [4.78, 5) is 0. The minimum atomic E-state index is 0.344. The molecule has 0 spiro atoms. The van der Waals surface area contributed by atoms with Crippen LogP contribution in [0, 0.1) is 0 Å². The molecule has 0 aromatic carbocycles. The fraction of sp³-hybridized carbons (Fsp3) is 1.00. The Morgan fingerprint density at radius 2 is 2.62 bits per heavy atom. The highest BCUT2D eigenvalue weighted by Gasteiger charge is 2.15. The summed E-state index contributed by atoms with van der Waals surface area (Å²) in [6.07, 6.45) is 1.40. The molecule has 1 saturated heterocycles. The average Bonchev–Trinajstić information content (AvgIpc) is 2.19. The third-order valence-electron chi connectivity index (χ3n) is 1.06. The van der Waals surface area contributed by atoms with Gasteiger partial charge in [-0.25, -0.2) is 0 Å². The zero-order valence-corrected chi connectivity index (χ0v) is 7.28. The molecule has 0 N–H and O–H groups in total. The molecule has 1 aliphatic heterocycles. The predicted molar refractivity (Wildman–Crippen MR) is 41.9 cm³/mol. The first kappa shape index (κ1) is 7.11. The Bertz CT molecular complexity index is 65.1. The van der Waals surface area contributed by atoms with Crippen molar-refractivity contribution < 1.29 is 8.92 Å². The van der Waals surface area contributed by atoms with Crippen LogP contribution in [0.3, 0.4) is 0 Å². The normalized spacial score (nSPS) is 28.9. The second kappa shape index (κ2) is 3.92. The third-order valence-corrected chi connectivity index (χ3v) is 2.03. The minimum Gasteiger partial charge on any atom is -0.379 e. The smallest absolute Gasteiger partial charge is 0.0986 e. The van der Waals surface area contributed by atoms with Gasteiger partial charge in [0.05, 0.1) is 21.9 Å². The second-order valence-electron chi connectivity index (χ2n) is 1.64. The first-order valence-electron chi connectivity index (χ1n) is 2.45. The van der Waals surface area contributed by atoms with Crippen molar-refractivity contribution in [3.05, 3.63) is 0 Å². The van der Waals surface area contributed by atoms with E-state index < -0.39 is 0 Å². The molecule has 1 heterocycles. The zero-order valence-electron chi connectivity index (χ0n) is 4.30. The van der Waals surface area contributed by atoms with Gasteiger partial charge in [-0.3, -0.25) is 4.18 Å². The summed E-state index contributed by atoms with van der Waals surface area (Å²) in [5.41, 5.74) is 0. The van der Waals surface area contributed by atoms with Gasteiger partial charge in [0.15, 0.2) is 0 Å². The van der Waals surface area contributed by atoms with E-state index in [-0.39, 0.29) is 0 Å². The van der Waals surface area contributed by atoms with Crippen LogP contribution in [0.1, 0.15) is 6.42 Å². The Morgan fingerprint density at radius 3 is 3.12 bits per heavy atom. The molecular weight excluding hydrogens is 239 g/mol. The maximum Gasteiger partial charge on any atom is 0.0986 e. The molecule has 48 valence electrons. The van der Waals surface area contributed by atoms with Crippen molar-refractivity contribution >= 4 is 30.4 Å². The molecule has 0 amide bonds. The van der Waals surface area contributed by atoms with Gasteiger partial charge in [-0.15, -0.1) is 0 Å². The van der Waals surface area contributed by atoms with Crippen LogP contribution in [0.15, 0.2) is 0 Å². The minimum absolute atomic E-state index is 0.344. The van der Waals surface area contributed by atoms with E-state index in [1.807, 2.05) is 0 Å². The van der Waals surface area contributed by atoms with E-state index in [1.165, 1.54) is 9.21 Å². The Labute approximate surface area is 65.1 Å². The predicted octanol–water partition coefficient (Wildman–Crippen LogP) is 1.79. The lowest BCUT2D eigenvalue weighted by Gasteiger charge is -2.01. The van der Waals surface area contributed by atoms with Crippen molar-refractivity contribution in [1.82, 2.24) is 0 Å². The van der Waals surface area contributed by atoms with Gasteiger partial charge in [-0.2, -0.15) is 0 Å². The van der Waals surface area contributed by atoms with E-state index in [0.29, 0.717) is 6.10 Å². The molecule has 1 fully saturated rings. The van der Waals surface area contributed by atoms with Crippen molar-refractivity contribution in [2.24, 2.45) is 0 Å². The summed E-state index contributed by atoms with van der Waals surface area (Å²) >= 11 is 2.12. The Morgan fingerprint density at radius 1 is 1.75 bits per heavy atom. The van der Waals surface area contributed by atoms with Gasteiger partial charge in [-0.1, -0.05) is 0 Å². The van der Waals surface area contributed by atoms with Crippen LogP contribution in [-0.2, 0) is 8.92 Å². The van der Waals surface area contributed by atoms with E-state index >= 15 is 0 Å². The fourth-order valence-corrected chi connectivity index (χ4v) is 1.78. The highest BCUT2D eigenvalue weighted by molar-refractivity contribution is 14.2. The van der Waals surface area contributed by atoms with Crippen LogP contribution >= 0.6 is 30.4 Å². The topological polar surface area (TPSA) is 18.5 Å². The van der Waals surface area contributed by atoms with Crippen molar-refractivity contribution in [3.63, 3.8) is 0 Å². The molecule has 0 saturated carbocycles. The van der Waals surface area contributed by atoms with Gasteiger partial charge >= 0.3 is 0 Å². The largest absolute Gasteiger partial charge is 0.379 e. The Balaban J connectivity index is 2.06. The van der Waals surface area contributed by atoms with E-state index in [0.717, 1.165) is 19.6 Å². The molecule has 4 heteroatoms. The van der Waals surface area contributed by atoms with Gasteiger partial charge in [0.2, 0.25) is 0 Å². The molecular formula is C4H7IO2S. The fourth-order valence-electron chi connectivity index (χ4n) is 0.640. The van der Waals surface area contributed by atoms with Gasteiger partial charge in [-0.05, 0) is 0 Å². The molecule has 0 bridgehead atoms. The summed E-state index contributed by atoms with van der Waals surface area (Å²) in [5.74, 6) is 0. The van der Waals surface area contributed by atoms with Crippen LogP contribution in [0.2, 0.25) is 0 Å². The highest BCUT2D eigenvalue weighted by atomic mass is 127. The lowest BCUT2D eigenvalue weighted by Crippen LogP contribution is -2.05. The first-order chi connectivity index (χ1) is 3.93. The number of ether oxygens (including phenoxy) is 1. The molecule has 8 heavy (non-hydrogen) atoms. The summed E-state index contributed by atoms with van der Waals surface area (Å²) < 4.78 is 10.2. The monoisotopic (exact) mass is 246 g/mol. The van der Waals surface area contributed by atoms with E-state index in [4.69, 9.17) is 8.92 Å². The standard InChI is InChI=1S/C4H7IO2S/c5-8-7-4-1-2-6-3-4/h4H,1-3H2/t4-/m1/s1. The molecule has 2 nitrogen and oxygen atoms in total. The molecule has 1 atom stereocenters. The Hall–Kier alpha value is 1.00. The second-order valence-corrected chi connectivity index (χ2v) is 3.04. The number of halogens is 1. The molecule has 0 unspecified atom stereocenters. The molecule has 1 rings (SSSR count). The van der Waals surface area contributed by atoms with E-state index in [2.05, 4.69) is 21.2 Å². The SMILES string of the molecule is ISO[C@@H]1CCOC1.